The molecule has 0 aromatic carbocycles. The summed E-state index contributed by atoms with van der Waals surface area (Å²) in [6.45, 7) is 7.94. The van der Waals surface area contributed by atoms with Crippen molar-refractivity contribution >= 4 is 0 Å². The van der Waals surface area contributed by atoms with Gasteiger partial charge in [-0.3, -0.25) is 0 Å². The lowest BCUT2D eigenvalue weighted by Crippen LogP contribution is -3.00. The maximum absolute atomic E-state index is 6.14. The summed E-state index contributed by atoms with van der Waals surface area (Å²) in [5.74, 6) is 2.45. The van der Waals surface area contributed by atoms with Gasteiger partial charge in [-0.15, -0.1) is 0 Å². The Kier molecular flexibility index (Phi) is 4.22. The minimum atomic E-state index is 0. The van der Waals surface area contributed by atoms with E-state index in [9.17, 15) is 0 Å². The number of hydrogen-bond acceptors (Lipinski definition) is 1. The number of pyridine rings is 1. The Balaban J connectivity index is 0.00000133. The van der Waals surface area contributed by atoms with E-state index in [0.29, 0.717) is 24.2 Å². The molecule has 4 atom stereocenters. The van der Waals surface area contributed by atoms with Crippen molar-refractivity contribution in [3.63, 3.8) is 0 Å². The molecule has 0 radical (unpaired) electrons. The van der Waals surface area contributed by atoms with Gasteiger partial charge in [0.05, 0.1) is 6.10 Å². The highest BCUT2D eigenvalue weighted by Gasteiger charge is 2.56. The van der Waals surface area contributed by atoms with Crippen LogP contribution >= 0.6 is 0 Å². The summed E-state index contributed by atoms with van der Waals surface area (Å²) in [5, 5.41) is 0. The van der Waals surface area contributed by atoms with E-state index in [0.717, 1.165) is 11.8 Å². The largest absolute Gasteiger partial charge is 1.00 e. The van der Waals surface area contributed by atoms with Crippen LogP contribution < -0.4 is 17.0 Å². The smallest absolute Gasteiger partial charge is 0.252 e. The maximum atomic E-state index is 6.14. The van der Waals surface area contributed by atoms with E-state index in [1.165, 1.54) is 12.8 Å². The van der Waals surface area contributed by atoms with E-state index in [4.69, 9.17) is 4.74 Å². The van der Waals surface area contributed by atoms with Gasteiger partial charge in [0.1, 0.15) is 0 Å². The van der Waals surface area contributed by atoms with Gasteiger partial charge in [0.25, 0.3) is 6.73 Å². The number of rotatable bonds is 3. The molecule has 3 fully saturated rings. The van der Waals surface area contributed by atoms with Gasteiger partial charge in [-0.2, -0.15) is 4.57 Å². The van der Waals surface area contributed by atoms with Crippen LogP contribution in [0.2, 0.25) is 0 Å². The maximum Gasteiger partial charge on any atom is 0.252 e. The number of aromatic nitrogens is 1. The van der Waals surface area contributed by atoms with Crippen molar-refractivity contribution in [2.45, 2.75) is 46.4 Å². The predicted molar refractivity (Wildman–Crippen MR) is 70.7 cm³/mol. The molecule has 19 heavy (non-hydrogen) atoms. The lowest BCUT2D eigenvalue weighted by atomic mass is 9.45. The van der Waals surface area contributed by atoms with Crippen LogP contribution in [0.1, 0.15) is 33.6 Å². The van der Waals surface area contributed by atoms with Crippen molar-refractivity contribution in [2.24, 2.45) is 23.2 Å². The van der Waals surface area contributed by atoms with Gasteiger partial charge in [-0.1, -0.05) is 26.8 Å². The van der Waals surface area contributed by atoms with Gasteiger partial charge in [-0.25, -0.2) is 0 Å². The van der Waals surface area contributed by atoms with Gasteiger partial charge >= 0.3 is 0 Å². The van der Waals surface area contributed by atoms with E-state index in [-0.39, 0.29) is 12.4 Å². The summed E-state index contributed by atoms with van der Waals surface area (Å²) in [7, 11) is 0. The summed E-state index contributed by atoms with van der Waals surface area (Å²) in [4.78, 5) is 0. The molecule has 3 aliphatic rings. The molecule has 1 aromatic rings. The zero-order valence-electron chi connectivity index (χ0n) is 12.1. The molecular weight excluding hydrogens is 258 g/mol. The molecule has 3 heteroatoms. The zero-order chi connectivity index (χ0) is 12.8. The number of hydrogen-bond donors (Lipinski definition) is 0. The average molecular weight is 282 g/mol. The van der Waals surface area contributed by atoms with Crippen molar-refractivity contribution in [3.8, 4) is 0 Å². The van der Waals surface area contributed by atoms with Crippen LogP contribution in [0.5, 0.6) is 0 Å². The highest BCUT2D eigenvalue weighted by molar-refractivity contribution is 5.05. The van der Waals surface area contributed by atoms with E-state index in [1.807, 2.05) is 18.2 Å². The molecule has 1 aromatic heterocycles. The van der Waals surface area contributed by atoms with Crippen LogP contribution in [0, 0.1) is 23.2 Å². The molecule has 3 aliphatic carbocycles. The van der Waals surface area contributed by atoms with Crippen LogP contribution in [0.25, 0.3) is 0 Å². The first kappa shape index (κ1) is 14.8. The Labute approximate surface area is 122 Å². The van der Waals surface area contributed by atoms with E-state index < -0.39 is 0 Å². The fourth-order valence-electron chi connectivity index (χ4n) is 4.02. The Morgan fingerprint density at radius 3 is 2.42 bits per heavy atom. The minimum absolute atomic E-state index is 0. The zero-order valence-corrected chi connectivity index (χ0v) is 12.8. The fraction of sp³-hybridized carbons (Fsp3) is 0.688. The Bertz CT molecular complexity index is 420. The topological polar surface area (TPSA) is 13.1 Å². The molecular formula is C16H24ClNO. The van der Waals surface area contributed by atoms with Crippen molar-refractivity contribution in [2.75, 3.05) is 0 Å². The first-order valence-electron chi connectivity index (χ1n) is 7.14. The molecule has 0 spiro atoms. The van der Waals surface area contributed by atoms with Crippen LogP contribution in [0.15, 0.2) is 30.6 Å². The summed E-state index contributed by atoms with van der Waals surface area (Å²) < 4.78 is 8.25. The Hall–Kier alpha value is -0.600. The average Bonchev–Trinajstić information content (AvgIpc) is 2.38. The molecule has 3 saturated carbocycles. The van der Waals surface area contributed by atoms with Gasteiger partial charge in [-0.05, 0) is 36.0 Å². The highest BCUT2D eigenvalue weighted by atomic mass is 35.5. The third kappa shape index (κ3) is 2.53. The lowest BCUT2D eigenvalue weighted by Gasteiger charge is -2.61. The number of fused-ring (bicyclic) bond motifs is 2. The van der Waals surface area contributed by atoms with Crippen molar-refractivity contribution < 1.29 is 21.7 Å². The summed E-state index contributed by atoms with van der Waals surface area (Å²) in [6, 6.07) is 6.14. The summed E-state index contributed by atoms with van der Waals surface area (Å²) in [5.41, 5.74) is 0.555. The normalized spacial score (nSPS) is 35.1. The Morgan fingerprint density at radius 2 is 1.84 bits per heavy atom. The SMILES string of the molecule is C[C@@H]1[C@@H](OC[n+]2ccccc2)C[C@H]2C[C@@H]1C2(C)C.[Cl-]. The second-order valence-corrected chi connectivity index (χ2v) is 6.68. The molecule has 4 rings (SSSR count). The molecule has 1 heterocycles. The molecule has 2 nitrogen and oxygen atoms in total. The molecule has 0 amide bonds. The van der Waals surface area contributed by atoms with Crippen LogP contribution in [-0.4, -0.2) is 6.10 Å². The monoisotopic (exact) mass is 281 g/mol. The highest BCUT2D eigenvalue weighted by Crippen LogP contribution is 2.61. The molecule has 0 N–H and O–H groups in total. The summed E-state index contributed by atoms with van der Waals surface area (Å²) >= 11 is 0. The van der Waals surface area contributed by atoms with Gasteiger partial charge < -0.3 is 17.1 Å². The van der Waals surface area contributed by atoms with Crippen molar-refractivity contribution in [3.05, 3.63) is 30.6 Å². The quantitative estimate of drug-likeness (QED) is 0.712. The van der Waals surface area contributed by atoms with Crippen LogP contribution in [0.3, 0.4) is 0 Å². The van der Waals surface area contributed by atoms with Gasteiger partial charge in [0, 0.05) is 12.1 Å². The summed E-state index contributed by atoms with van der Waals surface area (Å²) in [6.07, 6.45) is 7.26. The van der Waals surface area contributed by atoms with Gasteiger partial charge in [0.2, 0.25) is 0 Å². The first-order chi connectivity index (χ1) is 8.59. The number of ether oxygens (including phenoxy) is 1. The molecule has 2 bridgehead atoms. The molecule has 106 valence electrons. The van der Waals surface area contributed by atoms with E-state index in [1.54, 1.807) is 0 Å². The van der Waals surface area contributed by atoms with E-state index in [2.05, 4.69) is 37.7 Å². The van der Waals surface area contributed by atoms with E-state index >= 15 is 0 Å². The van der Waals surface area contributed by atoms with Gasteiger partial charge in [0.15, 0.2) is 12.4 Å². The third-order valence-electron chi connectivity index (χ3n) is 5.50. The Morgan fingerprint density at radius 1 is 1.16 bits per heavy atom. The van der Waals surface area contributed by atoms with Crippen molar-refractivity contribution in [1.29, 1.82) is 0 Å². The van der Waals surface area contributed by atoms with Crippen LogP contribution in [-0.2, 0) is 11.5 Å². The first-order valence-corrected chi connectivity index (χ1v) is 7.14. The lowest BCUT2D eigenvalue weighted by molar-refractivity contribution is -0.735. The second-order valence-electron chi connectivity index (χ2n) is 6.68. The molecule has 0 aliphatic heterocycles. The minimum Gasteiger partial charge on any atom is -1.00 e. The number of nitrogens with zero attached hydrogens (tertiary/aromatic N) is 1. The number of halogens is 1. The predicted octanol–water partition coefficient (Wildman–Crippen LogP) is 0.0229. The molecule has 0 saturated heterocycles. The third-order valence-corrected chi connectivity index (χ3v) is 5.50. The molecule has 0 unspecified atom stereocenters. The second kappa shape index (κ2) is 5.41. The van der Waals surface area contributed by atoms with Crippen molar-refractivity contribution in [1.82, 2.24) is 0 Å². The standard InChI is InChI=1S/C16H24NO.ClH/c1-12-14-9-13(16(14,2)3)10-15(12)18-11-17-7-5-4-6-8-17;/h4-8,12-15H,9-11H2,1-3H3;1H/q+1;/p-1/t12-,13+,14-,15-;/m0./s1. The van der Waals surface area contributed by atoms with Crippen LogP contribution in [0.4, 0.5) is 0 Å². The fourth-order valence-corrected chi connectivity index (χ4v) is 4.02.